The molecule has 0 aliphatic rings. The molecule has 2 N–H and O–H groups in total. The number of methoxy groups -OCH3 is 2. The summed E-state index contributed by atoms with van der Waals surface area (Å²) in [6.07, 6.45) is 1.72. The van der Waals surface area contributed by atoms with Crippen LogP contribution in [-0.2, 0) is 6.54 Å². The first-order valence-corrected chi connectivity index (χ1v) is 11.1. The smallest absolute Gasteiger partial charge is 0.195 e. The van der Waals surface area contributed by atoms with Crippen LogP contribution in [0.15, 0.2) is 46.8 Å². The van der Waals surface area contributed by atoms with Crippen LogP contribution in [0.25, 0.3) is 0 Å². The second-order valence-corrected chi connectivity index (χ2v) is 9.14. The number of hydrogen-bond donors (Lipinski definition) is 1. The van der Waals surface area contributed by atoms with Crippen LogP contribution in [0.5, 0.6) is 11.5 Å². The molecular formula is C20H21ClFN3O2S2. The van der Waals surface area contributed by atoms with Crippen molar-refractivity contribution in [3.05, 3.63) is 58.3 Å². The molecule has 0 bridgehead atoms. The number of nitrogens with two attached hydrogens (primary N) is 1. The van der Waals surface area contributed by atoms with Gasteiger partial charge in [0.2, 0.25) is 0 Å². The maximum atomic E-state index is 14.8. The van der Waals surface area contributed by atoms with E-state index in [0.717, 1.165) is 10.7 Å². The van der Waals surface area contributed by atoms with Gasteiger partial charge in [0, 0.05) is 23.2 Å². The fraction of sp³-hybridized carbons (Fsp3) is 0.200. The van der Waals surface area contributed by atoms with E-state index in [1.54, 1.807) is 26.5 Å². The van der Waals surface area contributed by atoms with Crippen LogP contribution >= 0.6 is 33.6 Å². The average molecular weight is 454 g/mol. The minimum absolute atomic E-state index is 0.213. The molecule has 0 aliphatic carbocycles. The van der Waals surface area contributed by atoms with Gasteiger partial charge in [0.05, 0.1) is 36.4 Å². The lowest BCUT2D eigenvalue weighted by molar-refractivity contribution is 0.391. The maximum Gasteiger partial charge on any atom is 0.195 e. The molecule has 3 aromatic rings. The Kier molecular flexibility index (Phi) is 7.00. The summed E-state index contributed by atoms with van der Waals surface area (Å²) < 4.78 is 27.7. The van der Waals surface area contributed by atoms with Gasteiger partial charge in [-0.25, -0.2) is 9.37 Å². The highest BCUT2D eigenvalue weighted by molar-refractivity contribution is 8.16. The van der Waals surface area contributed by atoms with Crippen molar-refractivity contribution in [2.45, 2.75) is 18.4 Å². The number of ether oxygens (including phenoxy) is 2. The normalized spacial score (nSPS) is 12.0. The quantitative estimate of drug-likeness (QED) is 0.372. The SMILES string of the molecule is C/C=S(\c1cc(Cl)c(N)cc1F)N(Cc1ccc(OC)cc1OC)c1nccs1. The summed E-state index contributed by atoms with van der Waals surface area (Å²) in [7, 11) is 2.46. The van der Waals surface area contributed by atoms with Gasteiger partial charge in [-0.05, 0) is 36.6 Å². The number of anilines is 2. The van der Waals surface area contributed by atoms with Crippen LogP contribution < -0.4 is 19.5 Å². The van der Waals surface area contributed by atoms with E-state index >= 15 is 0 Å². The van der Waals surface area contributed by atoms with Crippen LogP contribution in [0, 0.1) is 5.82 Å². The zero-order chi connectivity index (χ0) is 21.0. The standard InChI is InChI=1S/C20H21ClFN3O2S2/c1-4-29(19-10-15(21)17(23)11-16(19)22)25(20-24-7-8-28-20)12-13-5-6-14(26-2)9-18(13)27-3/h4-11H,12,23H2,1-3H3. The van der Waals surface area contributed by atoms with Gasteiger partial charge in [0.15, 0.2) is 5.13 Å². The molecule has 3 rings (SSSR count). The Bertz CT molecular complexity index is 1030. The summed E-state index contributed by atoms with van der Waals surface area (Å²) in [6, 6.07) is 8.47. The van der Waals surface area contributed by atoms with Crippen molar-refractivity contribution in [1.29, 1.82) is 0 Å². The Morgan fingerprint density at radius 3 is 2.69 bits per heavy atom. The van der Waals surface area contributed by atoms with E-state index in [-0.39, 0.29) is 5.69 Å². The number of aromatic nitrogens is 1. The number of hydrogen-bond acceptors (Lipinski definition) is 6. The fourth-order valence-corrected chi connectivity index (χ4v) is 5.66. The summed E-state index contributed by atoms with van der Waals surface area (Å²) in [5.74, 6) is 0.974. The van der Waals surface area contributed by atoms with Crippen molar-refractivity contribution in [2.75, 3.05) is 24.3 Å². The molecule has 29 heavy (non-hydrogen) atoms. The zero-order valence-corrected chi connectivity index (χ0v) is 18.6. The van der Waals surface area contributed by atoms with Gasteiger partial charge in [-0.3, -0.25) is 4.31 Å². The van der Waals surface area contributed by atoms with E-state index in [9.17, 15) is 4.39 Å². The predicted molar refractivity (Wildman–Crippen MR) is 121 cm³/mol. The third kappa shape index (κ3) is 4.66. The molecule has 0 aliphatic heterocycles. The Hall–Kier alpha value is -2.29. The summed E-state index contributed by atoms with van der Waals surface area (Å²) >= 11 is 7.67. The van der Waals surface area contributed by atoms with Crippen molar-refractivity contribution in [2.24, 2.45) is 0 Å². The van der Waals surface area contributed by atoms with Crippen molar-refractivity contribution >= 4 is 49.8 Å². The Morgan fingerprint density at radius 1 is 1.28 bits per heavy atom. The third-order valence-electron chi connectivity index (χ3n) is 4.18. The number of nitrogens with zero attached hydrogens (tertiary/aromatic N) is 2. The average Bonchev–Trinajstić information content (AvgIpc) is 3.26. The van der Waals surface area contributed by atoms with E-state index in [1.165, 1.54) is 17.4 Å². The van der Waals surface area contributed by atoms with Gasteiger partial charge in [0.1, 0.15) is 17.3 Å². The molecule has 0 fully saturated rings. The maximum absolute atomic E-state index is 14.8. The van der Waals surface area contributed by atoms with Gasteiger partial charge >= 0.3 is 0 Å². The van der Waals surface area contributed by atoms with Crippen LogP contribution in [0.1, 0.15) is 12.5 Å². The van der Waals surface area contributed by atoms with Crippen LogP contribution in [0.3, 0.4) is 0 Å². The molecule has 1 heterocycles. The van der Waals surface area contributed by atoms with Crippen molar-refractivity contribution in [3.63, 3.8) is 0 Å². The van der Waals surface area contributed by atoms with Crippen molar-refractivity contribution < 1.29 is 13.9 Å². The molecule has 0 amide bonds. The van der Waals surface area contributed by atoms with E-state index in [0.29, 0.717) is 28.0 Å². The van der Waals surface area contributed by atoms with Crippen LogP contribution in [-0.4, -0.2) is 24.6 Å². The summed E-state index contributed by atoms with van der Waals surface area (Å²) in [5.41, 5.74) is 6.89. The van der Waals surface area contributed by atoms with E-state index in [1.807, 2.05) is 40.2 Å². The molecule has 0 saturated carbocycles. The number of halogens is 2. The molecule has 2 aromatic carbocycles. The second-order valence-electron chi connectivity index (χ2n) is 5.88. The van der Waals surface area contributed by atoms with Gasteiger partial charge in [0.25, 0.3) is 0 Å². The first-order chi connectivity index (χ1) is 14.0. The van der Waals surface area contributed by atoms with Gasteiger partial charge < -0.3 is 15.2 Å². The lowest BCUT2D eigenvalue weighted by Crippen LogP contribution is -2.18. The highest BCUT2D eigenvalue weighted by Crippen LogP contribution is 2.42. The lowest BCUT2D eigenvalue weighted by Gasteiger charge is -2.27. The van der Waals surface area contributed by atoms with E-state index in [4.69, 9.17) is 26.8 Å². The lowest BCUT2D eigenvalue weighted by atomic mass is 10.2. The molecule has 5 nitrogen and oxygen atoms in total. The minimum atomic E-state index is -0.756. The number of rotatable bonds is 7. The van der Waals surface area contributed by atoms with Gasteiger partial charge in [-0.2, -0.15) is 0 Å². The van der Waals surface area contributed by atoms with Crippen molar-refractivity contribution in [1.82, 2.24) is 4.98 Å². The molecule has 0 spiro atoms. The highest BCUT2D eigenvalue weighted by Gasteiger charge is 2.21. The second kappa shape index (κ2) is 9.47. The summed E-state index contributed by atoms with van der Waals surface area (Å²) in [6.45, 7) is 2.34. The number of thiazole rings is 1. The molecule has 9 heteroatoms. The first kappa shape index (κ1) is 21.4. The summed E-state index contributed by atoms with van der Waals surface area (Å²) in [4.78, 5) is 4.90. The minimum Gasteiger partial charge on any atom is -0.497 e. The Balaban J connectivity index is 2.08. The molecule has 1 unspecified atom stereocenters. The fourth-order valence-electron chi connectivity index (χ4n) is 2.77. The van der Waals surface area contributed by atoms with Crippen LogP contribution in [0.4, 0.5) is 15.2 Å². The summed E-state index contributed by atoms with van der Waals surface area (Å²) in [5, 5.41) is 4.90. The van der Waals surface area contributed by atoms with Crippen LogP contribution in [0.2, 0.25) is 5.02 Å². The number of benzene rings is 2. The molecule has 0 radical (unpaired) electrons. The predicted octanol–water partition coefficient (Wildman–Crippen LogP) is 5.61. The monoisotopic (exact) mass is 453 g/mol. The van der Waals surface area contributed by atoms with E-state index in [2.05, 4.69) is 4.98 Å². The molecule has 0 saturated heterocycles. The third-order valence-corrected chi connectivity index (χ3v) is 7.40. The molecular weight excluding hydrogens is 433 g/mol. The van der Waals surface area contributed by atoms with E-state index < -0.39 is 16.5 Å². The molecule has 154 valence electrons. The topological polar surface area (TPSA) is 60.6 Å². The van der Waals surface area contributed by atoms with Gasteiger partial charge in [-0.1, -0.05) is 22.3 Å². The first-order valence-electron chi connectivity index (χ1n) is 8.63. The molecule has 1 aromatic heterocycles. The molecule has 1 atom stereocenters. The largest absolute Gasteiger partial charge is 0.497 e. The Morgan fingerprint density at radius 2 is 2.07 bits per heavy atom. The van der Waals surface area contributed by atoms with Gasteiger partial charge in [-0.15, -0.1) is 11.3 Å². The highest BCUT2D eigenvalue weighted by atomic mass is 35.5. The van der Waals surface area contributed by atoms with Crippen molar-refractivity contribution in [3.8, 4) is 11.5 Å². The Labute approximate surface area is 180 Å². The zero-order valence-electron chi connectivity index (χ0n) is 16.2. The number of nitrogen functional groups attached to an aromatic ring is 1.